The Morgan fingerprint density at radius 1 is 0.579 bits per heavy atom. The minimum absolute atomic E-state index is 0.989. The molecule has 216 valence electrons. The highest BCUT2D eigenvalue weighted by Gasteiger charge is 2.66. The fourth-order valence-electron chi connectivity index (χ4n) is 14.5. The van der Waals surface area contributed by atoms with Crippen molar-refractivity contribution < 1.29 is 0 Å². The second-order valence-electron chi connectivity index (χ2n) is 16.5. The van der Waals surface area contributed by atoms with Crippen LogP contribution in [0, 0.1) is 65.1 Å². The summed E-state index contributed by atoms with van der Waals surface area (Å²) in [5, 5.41) is 2.08. The van der Waals surface area contributed by atoms with Gasteiger partial charge in [-0.2, -0.15) is 11.8 Å². The van der Waals surface area contributed by atoms with Crippen LogP contribution in [0.3, 0.4) is 0 Å². The second kappa shape index (κ2) is 10.7. The molecule has 7 aliphatic rings. The molecule has 1 aliphatic heterocycles. The molecule has 6 aliphatic carbocycles. The van der Waals surface area contributed by atoms with Crippen molar-refractivity contribution in [2.24, 2.45) is 65.1 Å². The molecule has 0 nitrogen and oxygen atoms in total. The molecule has 14 unspecified atom stereocenters. The van der Waals surface area contributed by atoms with E-state index >= 15 is 0 Å². The highest BCUT2D eigenvalue weighted by molar-refractivity contribution is 8.01. The minimum atomic E-state index is -1.45. The van der Waals surface area contributed by atoms with E-state index in [1.165, 1.54) is 19.3 Å². The Bertz CT molecular complexity index is 829. The van der Waals surface area contributed by atoms with Crippen LogP contribution in [0.4, 0.5) is 0 Å². The molecule has 1 heterocycles. The van der Waals surface area contributed by atoms with E-state index in [0.717, 1.165) is 86.7 Å². The summed E-state index contributed by atoms with van der Waals surface area (Å²) >= 11 is 2.60. The third kappa shape index (κ3) is 4.00. The van der Waals surface area contributed by atoms with Gasteiger partial charge in [-0.15, -0.1) is 0 Å². The van der Waals surface area contributed by atoms with E-state index in [1.807, 2.05) is 0 Å². The highest BCUT2D eigenvalue weighted by Crippen LogP contribution is 2.72. The summed E-state index contributed by atoms with van der Waals surface area (Å²) in [4.78, 5) is 0. The summed E-state index contributed by atoms with van der Waals surface area (Å²) in [5.74, 6) is 11.9. The predicted octanol–water partition coefficient (Wildman–Crippen LogP) is 11.1. The molecule has 14 atom stereocenters. The van der Waals surface area contributed by atoms with Crippen LogP contribution in [0.1, 0.15) is 125 Å². The van der Waals surface area contributed by atoms with Crippen LogP contribution >= 0.6 is 11.8 Å². The first-order valence-electron chi connectivity index (χ1n) is 18.2. The largest absolute Gasteiger partial charge is 0.155 e. The van der Waals surface area contributed by atoms with Crippen molar-refractivity contribution in [3.8, 4) is 0 Å². The van der Waals surface area contributed by atoms with Gasteiger partial charge in [-0.1, -0.05) is 104 Å². The standard InChI is InChI=1S/C36H62SSi/c1-6-38(7-2,36-24(5)23(4)32-28-17-11-12-19-31(28)37-34(32)36)35-22(3)20-29-30(35)21-26-16-13-18-27(26)33(29)25-14-9-8-10-15-25/h22-36H,6-21H2,1-5H3. The maximum atomic E-state index is 2.81. The molecule has 0 spiro atoms. The SMILES string of the molecule is CC[Si](CC)(C1C(C)CC2C1CC1CCCC1C2C1CCCCC1)C1C(C)C(C)C2C3CCCCC3SC21. The number of hydrogen-bond acceptors (Lipinski definition) is 1. The van der Waals surface area contributed by atoms with Crippen LogP contribution in [-0.2, 0) is 0 Å². The zero-order valence-electron chi connectivity index (χ0n) is 25.9. The first-order chi connectivity index (χ1) is 18.5. The average Bonchev–Trinajstić information content (AvgIpc) is 3.69. The monoisotopic (exact) mass is 554 g/mol. The highest BCUT2D eigenvalue weighted by atomic mass is 32.2. The Kier molecular flexibility index (Phi) is 7.70. The Labute approximate surface area is 242 Å². The van der Waals surface area contributed by atoms with E-state index in [1.54, 1.807) is 82.7 Å². The lowest BCUT2D eigenvalue weighted by Crippen LogP contribution is -2.52. The molecule has 2 heteroatoms. The molecule has 0 aromatic heterocycles. The lowest BCUT2D eigenvalue weighted by Gasteiger charge is -2.53. The zero-order valence-corrected chi connectivity index (χ0v) is 27.7. The molecular formula is C36H62SSi. The van der Waals surface area contributed by atoms with Gasteiger partial charge in [0.05, 0.1) is 8.07 Å². The van der Waals surface area contributed by atoms with Crippen molar-refractivity contribution in [2.75, 3.05) is 0 Å². The van der Waals surface area contributed by atoms with E-state index in [0.29, 0.717) is 0 Å². The predicted molar refractivity (Wildman–Crippen MR) is 169 cm³/mol. The van der Waals surface area contributed by atoms with Crippen LogP contribution < -0.4 is 0 Å². The van der Waals surface area contributed by atoms with E-state index in [9.17, 15) is 0 Å². The molecule has 38 heavy (non-hydrogen) atoms. The average molecular weight is 555 g/mol. The van der Waals surface area contributed by atoms with Gasteiger partial charge < -0.3 is 0 Å². The molecule has 0 aromatic carbocycles. The first kappa shape index (κ1) is 27.4. The van der Waals surface area contributed by atoms with Crippen LogP contribution in [0.15, 0.2) is 0 Å². The second-order valence-corrected chi connectivity index (χ2v) is 23.1. The van der Waals surface area contributed by atoms with Crippen LogP contribution in [-0.4, -0.2) is 18.6 Å². The van der Waals surface area contributed by atoms with Gasteiger partial charge in [0.25, 0.3) is 0 Å². The van der Waals surface area contributed by atoms with E-state index < -0.39 is 8.07 Å². The van der Waals surface area contributed by atoms with Crippen molar-refractivity contribution in [3.63, 3.8) is 0 Å². The summed E-state index contributed by atoms with van der Waals surface area (Å²) in [5.41, 5.74) is 2.27. The summed E-state index contributed by atoms with van der Waals surface area (Å²) in [6.45, 7) is 13.8. The molecule has 7 rings (SSSR count). The quantitative estimate of drug-likeness (QED) is 0.304. The van der Waals surface area contributed by atoms with Gasteiger partial charge in [0.15, 0.2) is 0 Å². The molecule has 0 N–H and O–H groups in total. The smallest absolute Gasteiger partial charge is 0.0611 e. The van der Waals surface area contributed by atoms with Crippen molar-refractivity contribution in [1.82, 2.24) is 0 Å². The van der Waals surface area contributed by atoms with Gasteiger partial charge >= 0.3 is 0 Å². The molecule has 0 radical (unpaired) electrons. The maximum absolute atomic E-state index is 2.81. The number of fused-ring (bicyclic) bond motifs is 5. The molecule has 0 bridgehead atoms. The fourth-order valence-corrected chi connectivity index (χ4v) is 25.4. The number of thioether (sulfide) groups is 1. The Hall–Kier alpha value is 0.567. The van der Waals surface area contributed by atoms with Gasteiger partial charge in [-0.05, 0) is 108 Å². The molecule has 7 fully saturated rings. The van der Waals surface area contributed by atoms with E-state index in [2.05, 4.69) is 46.4 Å². The third-order valence-corrected chi connectivity index (χ3v) is 25.0. The summed E-state index contributed by atoms with van der Waals surface area (Å²) < 4.78 is 0. The van der Waals surface area contributed by atoms with Crippen molar-refractivity contribution >= 4 is 19.8 Å². The van der Waals surface area contributed by atoms with Crippen LogP contribution in [0.25, 0.3) is 0 Å². The van der Waals surface area contributed by atoms with Crippen molar-refractivity contribution in [3.05, 3.63) is 0 Å². The van der Waals surface area contributed by atoms with Gasteiger partial charge in [0.2, 0.25) is 0 Å². The van der Waals surface area contributed by atoms with Crippen LogP contribution in [0.2, 0.25) is 23.2 Å². The Morgan fingerprint density at radius 3 is 2.03 bits per heavy atom. The normalized spacial score (nSPS) is 53.0. The van der Waals surface area contributed by atoms with Crippen molar-refractivity contribution in [1.29, 1.82) is 0 Å². The van der Waals surface area contributed by atoms with E-state index in [-0.39, 0.29) is 0 Å². The van der Waals surface area contributed by atoms with Crippen LogP contribution in [0.5, 0.6) is 0 Å². The fraction of sp³-hybridized carbons (Fsp3) is 1.00. The molecule has 6 saturated carbocycles. The molecular weight excluding hydrogens is 493 g/mol. The van der Waals surface area contributed by atoms with Gasteiger partial charge in [0.1, 0.15) is 0 Å². The lowest BCUT2D eigenvalue weighted by atomic mass is 9.58. The van der Waals surface area contributed by atoms with E-state index in [4.69, 9.17) is 0 Å². The van der Waals surface area contributed by atoms with Gasteiger partial charge in [0, 0.05) is 10.5 Å². The maximum Gasteiger partial charge on any atom is 0.0611 e. The zero-order chi connectivity index (χ0) is 26.2. The third-order valence-electron chi connectivity index (χ3n) is 15.7. The summed E-state index contributed by atoms with van der Waals surface area (Å²) in [6.07, 6.45) is 22.1. The Morgan fingerprint density at radius 2 is 1.26 bits per heavy atom. The molecule has 0 aromatic rings. The van der Waals surface area contributed by atoms with Gasteiger partial charge in [-0.25, -0.2) is 0 Å². The molecule has 1 saturated heterocycles. The molecule has 0 amide bonds. The summed E-state index contributed by atoms with van der Waals surface area (Å²) in [6, 6.07) is 3.20. The van der Waals surface area contributed by atoms with Gasteiger partial charge in [-0.3, -0.25) is 0 Å². The Balaban J connectivity index is 1.24. The minimum Gasteiger partial charge on any atom is -0.155 e. The number of rotatable bonds is 5. The summed E-state index contributed by atoms with van der Waals surface area (Å²) in [7, 11) is -1.45. The lowest BCUT2D eigenvalue weighted by molar-refractivity contribution is 0.0157. The first-order valence-corrected chi connectivity index (χ1v) is 21.7. The number of hydrogen-bond donors (Lipinski definition) is 0. The topological polar surface area (TPSA) is 0 Å². The van der Waals surface area contributed by atoms with Crippen molar-refractivity contribution in [2.45, 2.75) is 158 Å².